The molecule has 1 saturated heterocycles. The van der Waals surface area contributed by atoms with Crippen LogP contribution >= 0.6 is 11.8 Å². The van der Waals surface area contributed by atoms with E-state index in [-0.39, 0.29) is 22.7 Å². The van der Waals surface area contributed by atoms with Crippen LogP contribution in [-0.2, 0) is 4.79 Å². The minimum Gasteiger partial charge on any atom is -0.493 e. The Labute approximate surface area is 164 Å². The van der Waals surface area contributed by atoms with Crippen molar-refractivity contribution in [3.05, 3.63) is 57.1 Å². The van der Waals surface area contributed by atoms with Gasteiger partial charge in [-0.3, -0.25) is 24.6 Å². The SMILES string of the molecule is CCN1C(=O)SC(=Cc2ccc(Oc3ccc([N+](=O)[O-])cn3)c(OC)c2)C1=O. The summed E-state index contributed by atoms with van der Waals surface area (Å²) in [5.74, 6) is 0.568. The Balaban J connectivity index is 1.83. The molecule has 10 heteroatoms. The molecule has 0 radical (unpaired) electrons. The fourth-order valence-corrected chi connectivity index (χ4v) is 3.34. The first-order chi connectivity index (χ1) is 13.4. The van der Waals surface area contributed by atoms with Crippen LogP contribution < -0.4 is 9.47 Å². The lowest BCUT2D eigenvalue weighted by atomic mass is 10.2. The highest BCUT2D eigenvalue weighted by atomic mass is 32.2. The van der Waals surface area contributed by atoms with Crippen molar-refractivity contribution in [3.8, 4) is 17.4 Å². The Hall–Kier alpha value is -3.40. The van der Waals surface area contributed by atoms with Gasteiger partial charge in [-0.1, -0.05) is 6.07 Å². The van der Waals surface area contributed by atoms with Crippen LogP contribution in [0.3, 0.4) is 0 Å². The second-order valence-electron chi connectivity index (χ2n) is 5.55. The second-order valence-corrected chi connectivity index (χ2v) is 6.54. The number of rotatable bonds is 6. The Kier molecular flexibility index (Phi) is 5.59. The average Bonchev–Trinajstić information content (AvgIpc) is 2.95. The monoisotopic (exact) mass is 401 g/mol. The van der Waals surface area contributed by atoms with E-state index in [1.165, 1.54) is 24.1 Å². The highest BCUT2D eigenvalue weighted by Crippen LogP contribution is 2.35. The molecule has 0 unspecified atom stereocenters. The minimum absolute atomic E-state index is 0.143. The van der Waals surface area contributed by atoms with Crippen LogP contribution in [0.1, 0.15) is 12.5 Å². The van der Waals surface area contributed by atoms with E-state index < -0.39 is 4.92 Å². The standard InChI is InChI=1S/C18H15N3O6S/c1-3-20-17(22)15(28-18(20)23)9-11-4-6-13(14(8-11)26-2)27-16-7-5-12(10-19-16)21(24)25/h4-10H,3H2,1-2H3. The number of ether oxygens (including phenoxy) is 2. The van der Waals surface area contributed by atoms with E-state index in [0.29, 0.717) is 28.5 Å². The molecule has 1 aromatic heterocycles. The minimum atomic E-state index is -0.549. The van der Waals surface area contributed by atoms with Gasteiger partial charge in [-0.05, 0) is 42.5 Å². The van der Waals surface area contributed by atoms with Crippen molar-refractivity contribution in [1.29, 1.82) is 0 Å². The number of methoxy groups -OCH3 is 1. The van der Waals surface area contributed by atoms with E-state index in [1.807, 2.05) is 0 Å². The third-order valence-electron chi connectivity index (χ3n) is 3.82. The molecule has 0 spiro atoms. The van der Waals surface area contributed by atoms with Crippen LogP contribution in [0.5, 0.6) is 17.4 Å². The number of hydrogen-bond acceptors (Lipinski definition) is 8. The van der Waals surface area contributed by atoms with Gasteiger partial charge in [0.25, 0.3) is 16.8 Å². The van der Waals surface area contributed by atoms with Gasteiger partial charge in [0.1, 0.15) is 6.20 Å². The summed E-state index contributed by atoms with van der Waals surface area (Å²) in [6.45, 7) is 2.06. The predicted octanol–water partition coefficient (Wildman–Crippen LogP) is 3.85. The summed E-state index contributed by atoms with van der Waals surface area (Å²) in [7, 11) is 1.46. The number of carbonyl (C=O) groups is 2. The summed E-state index contributed by atoms with van der Waals surface area (Å²) in [6.07, 6.45) is 2.71. The Bertz CT molecular complexity index is 974. The lowest BCUT2D eigenvalue weighted by Gasteiger charge is -2.10. The van der Waals surface area contributed by atoms with E-state index in [1.54, 1.807) is 31.2 Å². The maximum atomic E-state index is 12.2. The third-order valence-corrected chi connectivity index (χ3v) is 4.73. The van der Waals surface area contributed by atoms with Crippen molar-refractivity contribution >= 4 is 34.7 Å². The largest absolute Gasteiger partial charge is 0.493 e. The van der Waals surface area contributed by atoms with Crippen LogP contribution in [-0.4, -0.2) is 39.6 Å². The van der Waals surface area contributed by atoms with Gasteiger partial charge in [-0.25, -0.2) is 4.98 Å². The van der Waals surface area contributed by atoms with E-state index in [0.717, 1.165) is 18.0 Å². The molecule has 3 rings (SSSR count). The molecule has 2 heterocycles. The number of imide groups is 1. The number of benzene rings is 1. The third kappa shape index (κ3) is 3.96. The molecule has 144 valence electrons. The van der Waals surface area contributed by atoms with E-state index in [4.69, 9.17) is 9.47 Å². The van der Waals surface area contributed by atoms with Crippen LogP contribution in [0.2, 0.25) is 0 Å². The molecule has 0 bridgehead atoms. The molecule has 9 nitrogen and oxygen atoms in total. The first kappa shape index (κ1) is 19.4. The van der Waals surface area contributed by atoms with Crippen molar-refractivity contribution in [2.75, 3.05) is 13.7 Å². The van der Waals surface area contributed by atoms with Gasteiger partial charge in [0.15, 0.2) is 11.5 Å². The van der Waals surface area contributed by atoms with Crippen LogP contribution in [0.25, 0.3) is 6.08 Å². The van der Waals surface area contributed by atoms with Crippen LogP contribution in [0.4, 0.5) is 10.5 Å². The number of nitrogens with zero attached hydrogens (tertiary/aromatic N) is 3. The highest BCUT2D eigenvalue weighted by Gasteiger charge is 2.33. The molecule has 0 atom stereocenters. The second kappa shape index (κ2) is 8.09. The number of carbonyl (C=O) groups excluding carboxylic acids is 2. The lowest BCUT2D eigenvalue weighted by Crippen LogP contribution is -2.27. The van der Waals surface area contributed by atoms with E-state index in [9.17, 15) is 19.7 Å². The summed E-state index contributed by atoms with van der Waals surface area (Å²) in [5.41, 5.74) is 0.512. The zero-order valence-corrected chi connectivity index (χ0v) is 15.8. The molecule has 1 aliphatic heterocycles. The highest BCUT2D eigenvalue weighted by molar-refractivity contribution is 8.18. The zero-order chi connectivity index (χ0) is 20.3. The first-order valence-corrected chi connectivity index (χ1v) is 8.96. The molecule has 1 aromatic carbocycles. The van der Waals surface area contributed by atoms with Gasteiger partial charge < -0.3 is 9.47 Å². The molecular weight excluding hydrogens is 386 g/mol. The summed E-state index contributed by atoms with van der Waals surface area (Å²) < 4.78 is 10.9. The van der Waals surface area contributed by atoms with Gasteiger partial charge in [0, 0.05) is 18.7 Å². The smallest absolute Gasteiger partial charge is 0.293 e. The average molecular weight is 401 g/mol. The van der Waals surface area contributed by atoms with Gasteiger partial charge in [-0.2, -0.15) is 0 Å². The summed E-state index contributed by atoms with van der Waals surface area (Å²) in [5, 5.41) is 10.4. The summed E-state index contributed by atoms with van der Waals surface area (Å²) >= 11 is 0.887. The van der Waals surface area contributed by atoms with Crippen LogP contribution in [0, 0.1) is 10.1 Å². The number of thioether (sulfide) groups is 1. The normalized spacial score (nSPS) is 15.2. The molecule has 1 aliphatic rings. The van der Waals surface area contributed by atoms with Gasteiger partial charge in [-0.15, -0.1) is 0 Å². The Morgan fingerprint density at radius 1 is 1.25 bits per heavy atom. The predicted molar refractivity (Wildman–Crippen MR) is 102 cm³/mol. The maximum Gasteiger partial charge on any atom is 0.293 e. The van der Waals surface area contributed by atoms with Crippen molar-refractivity contribution in [1.82, 2.24) is 9.88 Å². The molecule has 28 heavy (non-hydrogen) atoms. The van der Waals surface area contributed by atoms with Gasteiger partial charge in [0.2, 0.25) is 5.88 Å². The van der Waals surface area contributed by atoms with Crippen molar-refractivity contribution in [3.63, 3.8) is 0 Å². The number of likely N-dealkylation sites (N-methyl/N-ethyl adjacent to an activating group) is 1. The molecule has 2 amide bonds. The fourth-order valence-electron chi connectivity index (χ4n) is 2.44. The summed E-state index contributed by atoms with van der Waals surface area (Å²) in [4.78, 5) is 39.5. The fraction of sp³-hybridized carbons (Fsp3) is 0.167. The number of hydrogen-bond donors (Lipinski definition) is 0. The molecule has 1 fully saturated rings. The van der Waals surface area contributed by atoms with E-state index in [2.05, 4.69) is 4.98 Å². The maximum absolute atomic E-state index is 12.2. The van der Waals surface area contributed by atoms with E-state index >= 15 is 0 Å². The topological polar surface area (TPSA) is 112 Å². The first-order valence-electron chi connectivity index (χ1n) is 8.14. The molecule has 0 N–H and O–H groups in total. The number of amides is 2. The number of aromatic nitrogens is 1. The summed E-state index contributed by atoms with van der Waals surface area (Å²) in [6, 6.07) is 7.64. The zero-order valence-electron chi connectivity index (χ0n) is 14.9. The van der Waals surface area contributed by atoms with Gasteiger partial charge >= 0.3 is 0 Å². The lowest BCUT2D eigenvalue weighted by molar-refractivity contribution is -0.385. The molecule has 0 aliphatic carbocycles. The number of pyridine rings is 1. The molecule has 2 aromatic rings. The van der Waals surface area contributed by atoms with Crippen molar-refractivity contribution in [2.24, 2.45) is 0 Å². The quantitative estimate of drug-likeness (QED) is 0.408. The molecule has 0 saturated carbocycles. The van der Waals surface area contributed by atoms with Crippen molar-refractivity contribution in [2.45, 2.75) is 6.92 Å². The molecular formula is C18H15N3O6S. The van der Waals surface area contributed by atoms with Crippen molar-refractivity contribution < 1.29 is 24.0 Å². The van der Waals surface area contributed by atoms with Crippen LogP contribution in [0.15, 0.2) is 41.4 Å². The Morgan fingerprint density at radius 2 is 2.04 bits per heavy atom. The Morgan fingerprint density at radius 3 is 2.61 bits per heavy atom. The number of nitro groups is 1. The van der Waals surface area contributed by atoms with Gasteiger partial charge in [0.05, 0.1) is 16.9 Å².